The minimum absolute atomic E-state index is 0.408. The summed E-state index contributed by atoms with van der Waals surface area (Å²) in [7, 11) is 0. The van der Waals surface area contributed by atoms with Gasteiger partial charge >= 0.3 is 5.97 Å². The Bertz CT molecular complexity index is 1410. The smallest absolute Gasteiger partial charge is 0.343 e. The predicted molar refractivity (Wildman–Crippen MR) is 161 cm³/mol. The van der Waals surface area contributed by atoms with Crippen LogP contribution in [0.3, 0.4) is 0 Å². The molecule has 7 nitrogen and oxygen atoms in total. The van der Waals surface area contributed by atoms with Crippen molar-refractivity contribution in [1.82, 2.24) is 0 Å². The van der Waals surface area contributed by atoms with Gasteiger partial charge in [-0.05, 0) is 117 Å². The van der Waals surface area contributed by atoms with E-state index in [4.69, 9.17) is 4.74 Å². The maximum absolute atomic E-state index is 12.5. The fraction of sp³-hybridized carbons (Fsp3) is 0.242. The third-order valence-corrected chi connectivity index (χ3v) is 6.45. The fourth-order valence-electron chi connectivity index (χ4n) is 4.07. The van der Waals surface area contributed by atoms with Crippen molar-refractivity contribution in [3.8, 4) is 5.75 Å². The second kappa shape index (κ2) is 14.5. The average Bonchev–Trinajstić information content (AvgIpc) is 3.00. The van der Waals surface area contributed by atoms with Crippen LogP contribution in [0.1, 0.15) is 49.5 Å². The number of carbonyl (C=O) groups excluding carboxylic acids is 1. The van der Waals surface area contributed by atoms with Gasteiger partial charge in [0.05, 0.1) is 28.3 Å². The second-order valence-electron chi connectivity index (χ2n) is 9.29. The van der Waals surface area contributed by atoms with E-state index in [1.807, 2.05) is 60.7 Å². The van der Waals surface area contributed by atoms with Crippen molar-refractivity contribution in [1.29, 1.82) is 0 Å². The molecule has 0 heterocycles. The van der Waals surface area contributed by atoms with Crippen molar-refractivity contribution < 1.29 is 9.53 Å². The van der Waals surface area contributed by atoms with Crippen LogP contribution >= 0.6 is 0 Å². The lowest BCUT2D eigenvalue weighted by molar-refractivity contribution is 0.0734. The number of azo groups is 2. The van der Waals surface area contributed by atoms with Gasteiger partial charge in [0, 0.05) is 18.8 Å². The van der Waals surface area contributed by atoms with Gasteiger partial charge in [-0.3, -0.25) is 0 Å². The molecule has 0 aliphatic rings. The molecule has 4 rings (SSSR count). The van der Waals surface area contributed by atoms with Crippen LogP contribution in [-0.4, -0.2) is 19.1 Å². The monoisotopic (exact) mass is 533 g/mol. The van der Waals surface area contributed by atoms with Crippen LogP contribution in [-0.2, 0) is 6.42 Å². The lowest BCUT2D eigenvalue weighted by atomic mass is 10.1. The summed E-state index contributed by atoms with van der Waals surface area (Å²) in [5.41, 5.74) is 5.72. The van der Waals surface area contributed by atoms with Gasteiger partial charge in [-0.2, -0.15) is 20.5 Å². The van der Waals surface area contributed by atoms with E-state index in [-0.39, 0.29) is 0 Å². The number of carbonyl (C=O) groups is 1. The number of unbranched alkanes of at least 4 members (excludes halogenated alkanes) is 1. The lowest BCUT2D eigenvalue weighted by Crippen LogP contribution is -2.21. The molecule has 0 bridgehead atoms. The molecule has 204 valence electrons. The SMILES string of the molecule is CCCCc1ccc(OC(=O)c2ccc(N=Nc3ccc(N=Nc4ccc(N(CC)CC)cc4)cc3)cc2)cc1. The van der Waals surface area contributed by atoms with Crippen LogP contribution in [0.15, 0.2) is 118 Å². The Kier molecular flexibility index (Phi) is 10.3. The molecule has 0 saturated heterocycles. The van der Waals surface area contributed by atoms with Gasteiger partial charge in [-0.25, -0.2) is 4.79 Å². The number of benzene rings is 4. The van der Waals surface area contributed by atoms with Gasteiger partial charge in [0.15, 0.2) is 0 Å². The highest BCUT2D eigenvalue weighted by molar-refractivity contribution is 5.91. The molecular weight excluding hydrogens is 498 g/mol. The minimum atomic E-state index is -0.408. The van der Waals surface area contributed by atoms with E-state index >= 15 is 0 Å². The van der Waals surface area contributed by atoms with Crippen molar-refractivity contribution in [3.63, 3.8) is 0 Å². The summed E-state index contributed by atoms with van der Waals surface area (Å²) >= 11 is 0. The van der Waals surface area contributed by atoms with Crippen LogP contribution in [0, 0.1) is 0 Å². The summed E-state index contributed by atoms with van der Waals surface area (Å²) < 4.78 is 5.50. The van der Waals surface area contributed by atoms with Crippen LogP contribution in [0.25, 0.3) is 0 Å². The van der Waals surface area contributed by atoms with Gasteiger partial charge in [-0.15, -0.1) is 0 Å². The summed E-state index contributed by atoms with van der Waals surface area (Å²) in [6.45, 7) is 8.39. The molecule has 0 aromatic heterocycles. The first-order valence-electron chi connectivity index (χ1n) is 13.8. The Balaban J connectivity index is 1.29. The normalized spacial score (nSPS) is 11.3. The Morgan fingerprint density at radius 1 is 0.625 bits per heavy atom. The second-order valence-corrected chi connectivity index (χ2v) is 9.29. The quantitative estimate of drug-likeness (QED) is 0.103. The predicted octanol–water partition coefficient (Wildman–Crippen LogP) is 9.93. The van der Waals surface area contributed by atoms with Gasteiger partial charge in [-0.1, -0.05) is 25.5 Å². The number of rotatable bonds is 12. The first-order chi connectivity index (χ1) is 19.6. The van der Waals surface area contributed by atoms with Crippen LogP contribution < -0.4 is 9.64 Å². The molecule has 0 N–H and O–H groups in total. The summed E-state index contributed by atoms with van der Waals surface area (Å²) in [5.74, 6) is 0.125. The van der Waals surface area contributed by atoms with Crippen molar-refractivity contribution >= 4 is 34.4 Å². The standard InChI is InChI=1S/C33H35N5O2/c1-4-7-8-25-9-23-32(24-10-25)40-33(39)26-11-13-27(14-12-26)34-35-28-15-17-29(18-16-28)36-37-30-19-21-31(22-20-30)38(5-2)6-3/h9-24H,4-8H2,1-3H3. The summed E-state index contributed by atoms with van der Waals surface area (Å²) in [6, 6.07) is 29.9. The molecular formula is C33H35N5O2. The molecule has 0 aliphatic carbocycles. The van der Waals surface area contributed by atoms with Crippen molar-refractivity contribution in [2.75, 3.05) is 18.0 Å². The third-order valence-electron chi connectivity index (χ3n) is 6.45. The van der Waals surface area contributed by atoms with Crippen molar-refractivity contribution in [2.24, 2.45) is 20.5 Å². The zero-order valence-electron chi connectivity index (χ0n) is 23.3. The average molecular weight is 534 g/mol. The largest absolute Gasteiger partial charge is 0.423 e. The number of esters is 1. The van der Waals surface area contributed by atoms with E-state index in [9.17, 15) is 4.79 Å². The zero-order chi connectivity index (χ0) is 28.2. The Labute approximate surface area is 236 Å². The maximum atomic E-state index is 12.5. The molecule has 7 heteroatoms. The highest BCUT2D eigenvalue weighted by atomic mass is 16.5. The number of hydrogen-bond donors (Lipinski definition) is 0. The Morgan fingerprint density at radius 2 is 1.07 bits per heavy atom. The summed E-state index contributed by atoms with van der Waals surface area (Å²) in [6.07, 6.45) is 3.33. The van der Waals surface area contributed by atoms with Crippen LogP contribution in [0.2, 0.25) is 0 Å². The molecule has 40 heavy (non-hydrogen) atoms. The van der Waals surface area contributed by atoms with Gasteiger partial charge in [0.25, 0.3) is 0 Å². The topological polar surface area (TPSA) is 79.0 Å². The number of hydrogen-bond acceptors (Lipinski definition) is 7. The molecule has 0 atom stereocenters. The Hall–Kier alpha value is -4.65. The highest BCUT2D eigenvalue weighted by Gasteiger charge is 2.09. The molecule has 0 spiro atoms. The van der Waals surface area contributed by atoms with E-state index in [0.29, 0.717) is 22.7 Å². The summed E-state index contributed by atoms with van der Waals surface area (Å²) in [4.78, 5) is 14.8. The molecule has 0 radical (unpaired) electrons. The molecule has 0 saturated carbocycles. The van der Waals surface area contributed by atoms with E-state index in [1.165, 1.54) is 11.3 Å². The maximum Gasteiger partial charge on any atom is 0.343 e. The van der Waals surface area contributed by atoms with Crippen molar-refractivity contribution in [3.05, 3.63) is 108 Å². The van der Waals surface area contributed by atoms with Gasteiger partial charge in [0.2, 0.25) is 0 Å². The summed E-state index contributed by atoms with van der Waals surface area (Å²) in [5, 5.41) is 17.2. The number of aryl methyl sites for hydroxylation is 1. The zero-order valence-corrected chi connectivity index (χ0v) is 23.3. The fourth-order valence-corrected chi connectivity index (χ4v) is 4.07. The third kappa shape index (κ3) is 8.17. The first kappa shape index (κ1) is 28.4. The number of ether oxygens (including phenoxy) is 1. The number of nitrogens with zero attached hydrogens (tertiary/aromatic N) is 5. The molecule has 4 aromatic rings. The lowest BCUT2D eigenvalue weighted by Gasteiger charge is -2.20. The van der Waals surface area contributed by atoms with E-state index in [0.717, 1.165) is 43.7 Å². The van der Waals surface area contributed by atoms with Crippen LogP contribution in [0.5, 0.6) is 5.75 Å². The Morgan fingerprint density at radius 3 is 1.52 bits per heavy atom. The highest BCUT2D eigenvalue weighted by Crippen LogP contribution is 2.25. The van der Waals surface area contributed by atoms with E-state index < -0.39 is 5.97 Å². The van der Waals surface area contributed by atoms with E-state index in [2.05, 4.69) is 58.3 Å². The molecule has 0 fully saturated rings. The molecule has 0 amide bonds. The molecule has 0 aliphatic heterocycles. The molecule has 4 aromatic carbocycles. The van der Waals surface area contributed by atoms with Gasteiger partial charge in [0.1, 0.15) is 5.75 Å². The van der Waals surface area contributed by atoms with Crippen LogP contribution in [0.4, 0.5) is 28.4 Å². The van der Waals surface area contributed by atoms with E-state index in [1.54, 1.807) is 24.3 Å². The van der Waals surface area contributed by atoms with Gasteiger partial charge < -0.3 is 9.64 Å². The first-order valence-corrected chi connectivity index (χ1v) is 13.8. The number of anilines is 1. The minimum Gasteiger partial charge on any atom is -0.423 e. The molecule has 0 unspecified atom stereocenters. The van der Waals surface area contributed by atoms with Crippen molar-refractivity contribution in [2.45, 2.75) is 40.0 Å².